The lowest BCUT2D eigenvalue weighted by Gasteiger charge is -2.20. The van der Waals surface area contributed by atoms with Gasteiger partial charge < -0.3 is 20.1 Å². The topological polar surface area (TPSA) is 88.5 Å². The van der Waals surface area contributed by atoms with Gasteiger partial charge in [0.2, 0.25) is 0 Å². The number of hydrogen-bond acceptors (Lipinski definition) is 7. The summed E-state index contributed by atoms with van der Waals surface area (Å²) in [6.45, 7) is 3.49. The van der Waals surface area contributed by atoms with Gasteiger partial charge in [-0.25, -0.2) is 9.97 Å². The molecule has 1 aliphatic heterocycles. The van der Waals surface area contributed by atoms with Crippen molar-refractivity contribution in [2.45, 2.75) is 19.3 Å². The van der Waals surface area contributed by atoms with Crippen LogP contribution in [0.1, 0.15) is 11.5 Å². The first-order valence-electron chi connectivity index (χ1n) is 6.93. The SMILES string of the molecule is OCc1csc(N2CCN(Cc3ncc[nH]3)C[C@H](O)C2)n1. The van der Waals surface area contributed by atoms with Crippen molar-refractivity contribution in [3.63, 3.8) is 0 Å². The van der Waals surface area contributed by atoms with E-state index in [1.165, 1.54) is 11.3 Å². The van der Waals surface area contributed by atoms with Crippen molar-refractivity contribution >= 4 is 16.5 Å². The predicted octanol–water partition coefficient (Wildman–Crippen LogP) is 0.0416. The number of aliphatic hydroxyl groups is 2. The number of H-pyrrole nitrogens is 1. The highest BCUT2D eigenvalue weighted by Gasteiger charge is 2.23. The first-order valence-corrected chi connectivity index (χ1v) is 7.81. The molecule has 0 aromatic carbocycles. The van der Waals surface area contributed by atoms with Gasteiger partial charge in [0, 0.05) is 44.0 Å². The fourth-order valence-corrected chi connectivity index (χ4v) is 3.34. The molecule has 21 heavy (non-hydrogen) atoms. The molecule has 1 fully saturated rings. The number of aromatic amines is 1. The van der Waals surface area contributed by atoms with Crippen molar-refractivity contribution in [1.82, 2.24) is 19.9 Å². The van der Waals surface area contributed by atoms with Crippen LogP contribution in [0.15, 0.2) is 17.8 Å². The van der Waals surface area contributed by atoms with Gasteiger partial charge in [0.15, 0.2) is 5.13 Å². The molecular formula is C13H19N5O2S. The second-order valence-corrected chi connectivity index (χ2v) is 5.99. The summed E-state index contributed by atoms with van der Waals surface area (Å²) in [5.41, 5.74) is 0.682. The molecule has 0 unspecified atom stereocenters. The van der Waals surface area contributed by atoms with E-state index in [2.05, 4.69) is 24.8 Å². The van der Waals surface area contributed by atoms with E-state index in [0.29, 0.717) is 25.3 Å². The first-order chi connectivity index (χ1) is 10.2. The molecule has 114 valence electrons. The van der Waals surface area contributed by atoms with Crippen molar-refractivity contribution in [1.29, 1.82) is 0 Å². The first kappa shape index (κ1) is 14.5. The minimum Gasteiger partial charge on any atom is -0.390 e. The monoisotopic (exact) mass is 309 g/mol. The number of hydrogen-bond donors (Lipinski definition) is 3. The molecule has 0 radical (unpaired) electrons. The summed E-state index contributed by atoms with van der Waals surface area (Å²) in [7, 11) is 0. The quantitative estimate of drug-likeness (QED) is 0.739. The second kappa shape index (κ2) is 6.52. The van der Waals surface area contributed by atoms with Crippen LogP contribution in [-0.2, 0) is 13.2 Å². The average molecular weight is 309 g/mol. The van der Waals surface area contributed by atoms with Gasteiger partial charge in [-0.05, 0) is 0 Å². The molecule has 2 aromatic heterocycles. The number of imidazole rings is 1. The molecule has 0 amide bonds. The van der Waals surface area contributed by atoms with Crippen LogP contribution in [0.3, 0.4) is 0 Å². The highest BCUT2D eigenvalue weighted by molar-refractivity contribution is 7.13. The normalized spacial score (nSPS) is 20.7. The highest BCUT2D eigenvalue weighted by Crippen LogP contribution is 2.22. The van der Waals surface area contributed by atoms with E-state index in [0.717, 1.165) is 24.0 Å². The number of nitrogens with zero attached hydrogens (tertiary/aromatic N) is 4. The van der Waals surface area contributed by atoms with E-state index in [1.54, 1.807) is 6.20 Å². The molecule has 1 saturated heterocycles. The summed E-state index contributed by atoms with van der Waals surface area (Å²) < 4.78 is 0. The van der Waals surface area contributed by atoms with Gasteiger partial charge in [-0.3, -0.25) is 4.90 Å². The lowest BCUT2D eigenvalue weighted by atomic mass is 10.3. The molecule has 2 aromatic rings. The summed E-state index contributed by atoms with van der Waals surface area (Å²) in [4.78, 5) is 16.0. The molecule has 3 heterocycles. The largest absolute Gasteiger partial charge is 0.390 e. The molecule has 1 atom stereocenters. The fourth-order valence-electron chi connectivity index (χ4n) is 2.48. The Morgan fingerprint density at radius 1 is 1.38 bits per heavy atom. The summed E-state index contributed by atoms with van der Waals surface area (Å²) in [5.74, 6) is 0.910. The van der Waals surface area contributed by atoms with Gasteiger partial charge in [-0.1, -0.05) is 0 Å². The minimum atomic E-state index is -0.427. The maximum absolute atomic E-state index is 10.2. The van der Waals surface area contributed by atoms with Crippen molar-refractivity contribution < 1.29 is 10.2 Å². The summed E-state index contributed by atoms with van der Waals surface area (Å²) >= 11 is 1.51. The molecule has 0 bridgehead atoms. The number of nitrogens with one attached hydrogen (secondary N) is 1. The van der Waals surface area contributed by atoms with E-state index >= 15 is 0 Å². The second-order valence-electron chi connectivity index (χ2n) is 5.15. The van der Waals surface area contributed by atoms with Crippen LogP contribution in [0.5, 0.6) is 0 Å². The highest BCUT2D eigenvalue weighted by atomic mass is 32.1. The number of rotatable bonds is 4. The molecule has 1 aliphatic rings. The third kappa shape index (κ3) is 3.59. The number of β-amino-alcohol motifs (C(OH)–C–C–N with tert-alkyl or cyclic N) is 1. The molecule has 0 saturated carbocycles. The van der Waals surface area contributed by atoms with Gasteiger partial charge in [-0.15, -0.1) is 11.3 Å². The maximum Gasteiger partial charge on any atom is 0.185 e. The minimum absolute atomic E-state index is 0.0441. The van der Waals surface area contributed by atoms with Crippen molar-refractivity contribution in [2.75, 3.05) is 31.1 Å². The van der Waals surface area contributed by atoms with Crippen LogP contribution in [0.2, 0.25) is 0 Å². The Morgan fingerprint density at radius 3 is 3.00 bits per heavy atom. The van der Waals surface area contributed by atoms with Crippen LogP contribution in [0.4, 0.5) is 5.13 Å². The molecule has 8 heteroatoms. The Balaban J connectivity index is 1.64. The standard InChI is InChI=1S/C13H19N5O2S/c19-8-10-9-21-13(16-10)18-4-3-17(5-11(20)6-18)7-12-14-1-2-15-12/h1-2,9,11,19-20H,3-8H2,(H,14,15)/t11-/m0/s1. The van der Waals surface area contributed by atoms with E-state index in [9.17, 15) is 5.11 Å². The predicted molar refractivity (Wildman–Crippen MR) is 80.1 cm³/mol. The van der Waals surface area contributed by atoms with E-state index in [1.807, 2.05) is 11.6 Å². The lowest BCUT2D eigenvalue weighted by molar-refractivity contribution is 0.128. The van der Waals surface area contributed by atoms with Gasteiger partial charge >= 0.3 is 0 Å². The Bertz CT molecular complexity index is 559. The zero-order valence-corrected chi connectivity index (χ0v) is 12.5. The maximum atomic E-state index is 10.2. The third-order valence-corrected chi connectivity index (χ3v) is 4.44. The zero-order valence-electron chi connectivity index (χ0n) is 11.6. The van der Waals surface area contributed by atoms with Crippen molar-refractivity contribution in [2.24, 2.45) is 0 Å². The van der Waals surface area contributed by atoms with Crippen molar-refractivity contribution in [3.05, 3.63) is 29.3 Å². The number of aliphatic hydroxyl groups excluding tert-OH is 2. The fraction of sp³-hybridized carbons (Fsp3) is 0.538. The van der Waals surface area contributed by atoms with E-state index in [4.69, 9.17) is 5.11 Å². The smallest absolute Gasteiger partial charge is 0.185 e. The van der Waals surface area contributed by atoms with Gasteiger partial charge in [0.05, 0.1) is 24.9 Å². The number of aromatic nitrogens is 3. The number of anilines is 1. The Hall–Kier alpha value is -1.48. The van der Waals surface area contributed by atoms with Gasteiger partial charge in [0.25, 0.3) is 0 Å². The van der Waals surface area contributed by atoms with Crippen LogP contribution in [-0.4, -0.2) is 62.3 Å². The molecule has 3 rings (SSSR count). The van der Waals surface area contributed by atoms with Crippen LogP contribution >= 0.6 is 11.3 Å². The van der Waals surface area contributed by atoms with Crippen LogP contribution < -0.4 is 4.90 Å². The summed E-state index contributed by atoms with van der Waals surface area (Å²) in [5, 5.41) is 22.0. The van der Waals surface area contributed by atoms with E-state index in [-0.39, 0.29) is 6.61 Å². The summed E-state index contributed by atoms with van der Waals surface area (Å²) in [6.07, 6.45) is 3.12. The van der Waals surface area contributed by atoms with Crippen molar-refractivity contribution in [3.8, 4) is 0 Å². The molecule has 0 spiro atoms. The van der Waals surface area contributed by atoms with Crippen LogP contribution in [0.25, 0.3) is 0 Å². The van der Waals surface area contributed by atoms with Gasteiger partial charge in [-0.2, -0.15) is 0 Å². The Morgan fingerprint density at radius 2 is 2.29 bits per heavy atom. The zero-order chi connectivity index (χ0) is 14.7. The third-order valence-electron chi connectivity index (χ3n) is 3.49. The average Bonchev–Trinajstić information content (AvgIpc) is 3.10. The Kier molecular flexibility index (Phi) is 4.49. The van der Waals surface area contributed by atoms with Gasteiger partial charge in [0.1, 0.15) is 5.82 Å². The molecule has 7 nitrogen and oxygen atoms in total. The lowest BCUT2D eigenvalue weighted by Crippen LogP contribution is -2.33. The number of thiazole rings is 1. The Labute approximate surface area is 126 Å². The molecule has 0 aliphatic carbocycles. The molecule has 3 N–H and O–H groups in total. The summed E-state index contributed by atoms with van der Waals surface area (Å²) in [6, 6.07) is 0. The van der Waals surface area contributed by atoms with Crippen LogP contribution in [0, 0.1) is 0 Å². The van der Waals surface area contributed by atoms with E-state index < -0.39 is 6.10 Å². The molecular weight excluding hydrogens is 290 g/mol.